The number of benzene rings is 1. The van der Waals surface area contributed by atoms with Gasteiger partial charge in [0, 0.05) is 18.9 Å². The summed E-state index contributed by atoms with van der Waals surface area (Å²) in [5, 5.41) is 8.99. The van der Waals surface area contributed by atoms with Crippen LogP contribution in [-0.4, -0.2) is 20.6 Å². The van der Waals surface area contributed by atoms with Crippen molar-refractivity contribution < 1.29 is 9.90 Å². The number of aliphatic carboxylic acids is 1. The lowest BCUT2D eigenvalue weighted by Crippen LogP contribution is -2.01. The van der Waals surface area contributed by atoms with Gasteiger partial charge in [0.2, 0.25) is 0 Å². The van der Waals surface area contributed by atoms with E-state index in [0.717, 1.165) is 13.0 Å². The molecule has 4 nitrogen and oxygen atoms in total. The third kappa shape index (κ3) is 2.38. The van der Waals surface area contributed by atoms with E-state index in [1.165, 1.54) is 16.7 Å². The van der Waals surface area contributed by atoms with Gasteiger partial charge in [-0.25, -0.2) is 4.98 Å². The molecule has 3 rings (SSSR count). The van der Waals surface area contributed by atoms with E-state index < -0.39 is 5.97 Å². The summed E-state index contributed by atoms with van der Waals surface area (Å²) in [6.07, 6.45) is 6.27. The van der Waals surface area contributed by atoms with Crippen molar-refractivity contribution in [2.24, 2.45) is 5.92 Å². The number of carboxylic acid groups (broad SMARTS) is 1. The normalized spacial score (nSPS) is 21.3. The largest absolute Gasteiger partial charge is 0.481 e. The fourth-order valence-corrected chi connectivity index (χ4v) is 2.65. The molecule has 1 aromatic carbocycles. The summed E-state index contributed by atoms with van der Waals surface area (Å²) in [5.41, 5.74) is 3.58. The number of aryl methyl sites for hydroxylation is 1. The average Bonchev–Trinajstić information content (AvgIpc) is 3.00. The summed E-state index contributed by atoms with van der Waals surface area (Å²) in [6, 6.07) is 6.31. The van der Waals surface area contributed by atoms with Crippen LogP contribution in [0.5, 0.6) is 0 Å². The topological polar surface area (TPSA) is 55.1 Å². The molecule has 0 spiro atoms. The average molecular weight is 256 g/mol. The highest BCUT2D eigenvalue weighted by molar-refractivity contribution is 5.75. The molecule has 98 valence electrons. The van der Waals surface area contributed by atoms with Crippen LogP contribution in [0.2, 0.25) is 0 Å². The lowest BCUT2D eigenvalue weighted by atomic mass is 10.0. The van der Waals surface area contributed by atoms with Gasteiger partial charge in [0.05, 0.1) is 12.2 Å². The van der Waals surface area contributed by atoms with Crippen LogP contribution in [0.25, 0.3) is 0 Å². The molecule has 2 atom stereocenters. The summed E-state index contributed by atoms with van der Waals surface area (Å²) in [5.74, 6) is -0.648. The van der Waals surface area contributed by atoms with Crippen molar-refractivity contribution in [2.45, 2.75) is 25.8 Å². The van der Waals surface area contributed by atoms with Crippen LogP contribution in [0.1, 0.15) is 29.0 Å². The Balaban J connectivity index is 1.77. The predicted molar refractivity (Wildman–Crippen MR) is 71.0 cm³/mol. The molecule has 0 bridgehead atoms. The van der Waals surface area contributed by atoms with Crippen molar-refractivity contribution in [2.75, 3.05) is 0 Å². The summed E-state index contributed by atoms with van der Waals surface area (Å²) in [7, 11) is 0. The second kappa shape index (κ2) is 4.53. The summed E-state index contributed by atoms with van der Waals surface area (Å²) in [6.45, 7) is 2.86. The highest BCUT2D eigenvalue weighted by Gasteiger charge is 2.44. The number of carbonyl (C=O) groups is 1. The van der Waals surface area contributed by atoms with E-state index in [1.54, 1.807) is 12.5 Å². The minimum atomic E-state index is -0.674. The summed E-state index contributed by atoms with van der Waals surface area (Å²) in [4.78, 5) is 14.9. The second-order valence-corrected chi connectivity index (χ2v) is 5.21. The molecule has 0 amide bonds. The zero-order valence-electron chi connectivity index (χ0n) is 10.8. The monoisotopic (exact) mass is 256 g/mol. The fraction of sp³-hybridized carbons (Fsp3) is 0.333. The van der Waals surface area contributed by atoms with E-state index >= 15 is 0 Å². The minimum Gasteiger partial charge on any atom is -0.481 e. The van der Waals surface area contributed by atoms with Crippen LogP contribution >= 0.6 is 0 Å². The number of carboxylic acids is 1. The Bertz CT molecular complexity index is 605. The third-order valence-electron chi connectivity index (χ3n) is 3.77. The van der Waals surface area contributed by atoms with Crippen LogP contribution in [-0.2, 0) is 11.3 Å². The van der Waals surface area contributed by atoms with Crippen LogP contribution in [0.3, 0.4) is 0 Å². The minimum absolute atomic E-state index is 0.182. The molecule has 2 unspecified atom stereocenters. The zero-order chi connectivity index (χ0) is 13.4. The van der Waals surface area contributed by atoms with Gasteiger partial charge < -0.3 is 9.67 Å². The molecule has 1 N–H and O–H groups in total. The van der Waals surface area contributed by atoms with Crippen LogP contribution in [0, 0.1) is 12.8 Å². The van der Waals surface area contributed by atoms with Gasteiger partial charge in [-0.15, -0.1) is 0 Å². The number of imidazole rings is 1. The van der Waals surface area contributed by atoms with Gasteiger partial charge in [0.25, 0.3) is 0 Å². The van der Waals surface area contributed by atoms with Crippen LogP contribution in [0.15, 0.2) is 36.9 Å². The second-order valence-electron chi connectivity index (χ2n) is 5.21. The predicted octanol–water partition coefficient (Wildman–Crippen LogP) is 2.43. The molecular formula is C15H16N2O2. The van der Waals surface area contributed by atoms with E-state index in [2.05, 4.69) is 30.1 Å². The first-order chi connectivity index (χ1) is 9.15. The van der Waals surface area contributed by atoms with Gasteiger partial charge in [0.15, 0.2) is 0 Å². The lowest BCUT2D eigenvalue weighted by molar-refractivity contribution is -0.138. The molecule has 1 fully saturated rings. The molecule has 4 heteroatoms. The Labute approximate surface area is 111 Å². The number of hydrogen-bond donors (Lipinski definition) is 1. The van der Waals surface area contributed by atoms with Gasteiger partial charge in [-0.1, -0.05) is 18.2 Å². The quantitative estimate of drug-likeness (QED) is 0.914. The lowest BCUT2D eigenvalue weighted by Gasteiger charge is -2.08. The third-order valence-corrected chi connectivity index (χ3v) is 3.77. The zero-order valence-corrected chi connectivity index (χ0v) is 10.8. The van der Waals surface area contributed by atoms with Crippen molar-refractivity contribution in [3.63, 3.8) is 0 Å². The van der Waals surface area contributed by atoms with Crippen molar-refractivity contribution in [3.05, 3.63) is 53.6 Å². The van der Waals surface area contributed by atoms with Gasteiger partial charge >= 0.3 is 5.97 Å². The maximum Gasteiger partial charge on any atom is 0.307 e. The van der Waals surface area contributed by atoms with E-state index in [9.17, 15) is 4.79 Å². The maximum absolute atomic E-state index is 10.9. The summed E-state index contributed by atoms with van der Waals surface area (Å²) >= 11 is 0. The first-order valence-corrected chi connectivity index (χ1v) is 6.43. The van der Waals surface area contributed by atoms with Gasteiger partial charge in [0.1, 0.15) is 0 Å². The van der Waals surface area contributed by atoms with E-state index in [1.807, 2.05) is 10.8 Å². The summed E-state index contributed by atoms with van der Waals surface area (Å²) < 4.78 is 2.02. The molecule has 0 saturated heterocycles. The van der Waals surface area contributed by atoms with E-state index in [-0.39, 0.29) is 11.8 Å². The number of aromatic nitrogens is 2. The molecule has 1 aliphatic carbocycles. The van der Waals surface area contributed by atoms with Crippen molar-refractivity contribution >= 4 is 5.97 Å². The maximum atomic E-state index is 10.9. The molecule has 1 aromatic heterocycles. The molecule has 1 heterocycles. The first-order valence-electron chi connectivity index (χ1n) is 6.43. The van der Waals surface area contributed by atoms with Crippen molar-refractivity contribution in [3.8, 4) is 0 Å². The molecule has 1 saturated carbocycles. The Morgan fingerprint density at radius 3 is 2.95 bits per heavy atom. The Hall–Kier alpha value is -2.10. The molecular weight excluding hydrogens is 240 g/mol. The van der Waals surface area contributed by atoms with Crippen LogP contribution in [0.4, 0.5) is 0 Å². The number of rotatable bonds is 4. The number of hydrogen-bond acceptors (Lipinski definition) is 2. The van der Waals surface area contributed by atoms with Crippen molar-refractivity contribution in [1.29, 1.82) is 0 Å². The SMILES string of the molecule is Cc1cc(Cn2ccnc2)ccc1C1CC1C(=O)O. The Morgan fingerprint density at radius 1 is 1.53 bits per heavy atom. The Morgan fingerprint density at radius 2 is 2.37 bits per heavy atom. The van der Waals surface area contributed by atoms with Crippen LogP contribution < -0.4 is 0 Å². The Kier molecular flexibility index (Phi) is 2.85. The van der Waals surface area contributed by atoms with Crippen molar-refractivity contribution in [1.82, 2.24) is 9.55 Å². The fourth-order valence-electron chi connectivity index (χ4n) is 2.65. The molecule has 19 heavy (non-hydrogen) atoms. The van der Waals surface area contributed by atoms with E-state index in [4.69, 9.17) is 5.11 Å². The van der Waals surface area contributed by atoms with Gasteiger partial charge in [-0.3, -0.25) is 4.79 Å². The van der Waals surface area contributed by atoms with Gasteiger partial charge in [-0.05, 0) is 36.0 Å². The molecule has 2 aromatic rings. The molecule has 0 radical (unpaired) electrons. The molecule has 0 aliphatic heterocycles. The molecule has 1 aliphatic rings. The van der Waals surface area contributed by atoms with E-state index in [0.29, 0.717) is 0 Å². The highest BCUT2D eigenvalue weighted by atomic mass is 16.4. The van der Waals surface area contributed by atoms with Gasteiger partial charge in [-0.2, -0.15) is 0 Å². The number of nitrogens with zero attached hydrogens (tertiary/aromatic N) is 2. The smallest absolute Gasteiger partial charge is 0.307 e. The highest BCUT2D eigenvalue weighted by Crippen LogP contribution is 2.48. The first kappa shape index (κ1) is 12.0. The standard InChI is InChI=1S/C15H16N2O2/c1-10-6-11(8-17-5-4-16-9-17)2-3-12(10)13-7-14(13)15(18)19/h2-6,9,13-14H,7-8H2,1H3,(H,18,19).